The van der Waals surface area contributed by atoms with E-state index in [9.17, 15) is 0 Å². The first-order valence-electron chi connectivity index (χ1n) is 6.65. The summed E-state index contributed by atoms with van der Waals surface area (Å²) in [5, 5.41) is 10.3. The van der Waals surface area contributed by atoms with E-state index in [2.05, 4.69) is 34.6 Å². The lowest BCUT2D eigenvalue weighted by Crippen LogP contribution is -2.38. The van der Waals surface area contributed by atoms with Crippen LogP contribution in [0.15, 0.2) is 15.6 Å². The van der Waals surface area contributed by atoms with Crippen molar-refractivity contribution < 1.29 is 9.26 Å². The molecule has 0 radical (unpaired) electrons. The van der Waals surface area contributed by atoms with E-state index in [1.807, 2.05) is 13.0 Å². The third-order valence-electron chi connectivity index (χ3n) is 2.57. The second-order valence-electron chi connectivity index (χ2n) is 4.42. The number of nitrogens with one attached hydrogen (secondary N) is 2. The molecule has 6 nitrogen and oxygen atoms in total. The fraction of sp³-hybridized carbons (Fsp3) is 0.692. The average Bonchev–Trinajstić information content (AvgIpc) is 2.87. The van der Waals surface area contributed by atoms with Gasteiger partial charge in [0.25, 0.3) is 0 Å². The van der Waals surface area contributed by atoms with Crippen molar-refractivity contribution in [1.82, 2.24) is 15.8 Å². The van der Waals surface area contributed by atoms with Crippen molar-refractivity contribution >= 4 is 29.9 Å². The highest BCUT2D eigenvalue weighted by Gasteiger charge is 2.07. The van der Waals surface area contributed by atoms with E-state index < -0.39 is 0 Å². The molecule has 0 aliphatic heterocycles. The summed E-state index contributed by atoms with van der Waals surface area (Å²) in [6.07, 6.45) is 0. The second-order valence-corrected chi connectivity index (χ2v) is 4.42. The predicted molar refractivity (Wildman–Crippen MR) is 90.7 cm³/mol. The average molecular weight is 396 g/mol. The van der Waals surface area contributed by atoms with Gasteiger partial charge in [-0.15, -0.1) is 24.0 Å². The van der Waals surface area contributed by atoms with Gasteiger partial charge in [0.15, 0.2) is 11.7 Å². The van der Waals surface area contributed by atoms with Crippen molar-refractivity contribution in [2.24, 2.45) is 4.99 Å². The second kappa shape index (κ2) is 10.9. The Morgan fingerprint density at radius 2 is 2.20 bits per heavy atom. The highest BCUT2D eigenvalue weighted by molar-refractivity contribution is 14.0. The Bertz CT molecular complexity index is 393. The van der Waals surface area contributed by atoms with Crippen LogP contribution >= 0.6 is 24.0 Å². The van der Waals surface area contributed by atoms with Crippen molar-refractivity contribution in [3.8, 4) is 0 Å². The first-order chi connectivity index (χ1) is 9.17. The van der Waals surface area contributed by atoms with Gasteiger partial charge in [-0.2, -0.15) is 0 Å². The first kappa shape index (κ1) is 19.2. The van der Waals surface area contributed by atoms with Gasteiger partial charge in [0.2, 0.25) is 0 Å². The van der Waals surface area contributed by atoms with Gasteiger partial charge in [-0.05, 0) is 12.8 Å². The van der Waals surface area contributed by atoms with Gasteiger partial charge in [-0.25, -0.2) is 0 Å². The zero-order chi connectivity index (χ0) is 14.1. The highest BCUT2D eigenvalue weighted by atomic mass is 127. The maximum absolute atomic E-state index is 5.25. The molecular weight excluding hydrogens is 371 g/mol. The first-order valence-corrected chi connectivity index (χ1v) is 6.65. The Hall–Kier alpha value is -0.830. The van der Waals surface area contributed by atoms with Gasteiger partial charge in [0.05, 0.1) is 18.8 Å². The van der Waals surface area contributed by atoms with Crippen molar-refractivity contribution in [2.75, 3.05) is 26.8 Å². The monoisotopic (exact) mass is 396 g/mol. The van der Waals surface area contributed by atoms with Crippen LogP contribution in [0.5, 0.6) is 0 Å². The van der Waals surface area contributed by atoms with Gasteiger partial charge in [-0.3, -0.25) is 4.99 Å². The van der Waals surface area contributed by atoms with Crippen molar-refractivity contribution in [2.45, 2.75) is 33.2 Å². The molecule has 0 aliphatic rings. The van der Waals surface area contributed by atoms with Gasteiger partial charge in [-0.1, -0.05) is 19.0 Å². The summed E-state index contributed by atoms with van der Waals surface area (Å²) in [4.78, 5) is 4.12. The summed E-state index contributed by atoms with van der Waals surface area (Å²) in [6.45, 7) is 8.83. The largest absolute Gasteiger partial charge is 0.380 e. The molecule has 7 heteroatoms. The Morgan fingerprint density at radius 1 is 1.45 bits per heavy atom. The maximum Gasteiger partial charge on any atom is 0.191 e. The molecule has 0 aliphatic carbocycles. The molecule has 0 saturated heterocycles. The van der Waals surface area contributed by atoms with Crippen LogP contribution in [0.4, 0.5) is 0 Å². The van der Waals surface area contributed by atoms with Gasteiger partial charge < -0.3 is 19.9 Å². The van der Waals surface area contributed by atoms with Crippen LogP contribution in [0.1, 0.15) is 38.1 Å². The van der Waals surface area contributed by atoms with Crippen LogP contribution in [0.25, 0.3) is 0 Å². The van der Waals surface area contributed by atoms with Gasteiger partial charge in [0, 0.05) is 26.3 Å². The smallest absolute Gasteiger partial charge is 0.191 e. The number of hydrogen-bond acceptors (Lipinski definition) is 4. The number of hydrogen-bond donors (Lipinski definition) is 2. The molecule has 1 rings (SSSR count). The van der Waals surface area contributed by atoms with Crippen molar-refractivity contribution in [3.63, 3.8) is 0 Å². The Balaban J connectivity index is 0.00000361. The van der Waals surface area contributed by atoms with Gasteiger partial charge >= 0.3 is 0 Å². The molecule has 1 heterocycles. The molecule has 0 fully saturated rings. The summed E-state index contributed by atoms with van der Waals surface area (Å²) in [5.74, 6) is 1.90. The van der Waals surface area contributed by atoms with Crippen molar-refractivity contribution in [1.29, 1.82) is 0 Å². The zero-order valence-electron chi connectivity index (χ0n) is 12.6. The minimum absolute atomic E-state index is 0. The number of guanidine groups is 1. The zero-order valence-corrected chi connectivity index (χ0v) is 14.9. The Morgan fingerprint density at radius 3 is 2.75 bits per heavy atom. The van der Waals surface area contributed by atoms with E-state index >= 15 is 0 Å². The predicted octanol–water partition coefficient (Wildman–Crippen LogP) is 2.12. The summed E-state index contributed by atoms with van der Waals surface area (Å²) in [6, 6.07) is 1.96. The molecule has 0 amide bonds. The Labute approximate surface area is 137 Å². The molecule has 0 spiro atoms. The molecule has 1 aromatic rings. The van der Waals surface area contributed by atoms with Crippen LogP contribution in [-0.4, -0.2) is 37.9 Å². The molecule has 1 aromatic heterocycles. The Kier molecular flexibility index (Phi) is 10.4. The summed E-state index contributed by atoms with van der Waals surface area (Å²) < 4.78 is 10.5. The van der Waals surface area contributed by atoms with E-state index in [0.29, 0.717) is 19.1 Å². The van der Waals surface area contributed by atoms with E-state index in [-0.39, 0.29) is 24.0 Å². The topological polar surface area (TPSA) is 71.7 Å². The number of halogens is 1. The summed E-state index contributed by atoms with van der Waals surface area (Å²) >= 11 is 0. The number of nitrogens with zero attached hydrogens (tertiary/aromatic N) is 2. The molecule has 0 aromatic carbocycles. The molecule has 0 unspecified atom stereocenters. The molecule has 20 heavy (non-hydrogen) atoms. The van der Waals surface area contributed by atoms with Crippen molar-refractivity contribution in [3.05, 3.63) is 17.5 Å². The van der Waals surface area contributed by atoms with E-state index in [1.54, 1.807) is 7.05 Å². The van der Waals surface area contributed by atoms with Gasteiger partial charge in [0.1, 0.15) is 0 Å². The van der Waals surface area contributed by atoms with Crippen LogP contribution < -0.4 is 10.6 Å². The molecule has 0 saturated carbocycles. The lowest BCUT2D eigenvalue weighted by Gasteiger charge is -2.10. The van der Waals surface area contributed by atoms with Crippen LogP contribution in [0.3, 0.4) is 0 Å². The number of ether oxygens (including phenoxy) is 1. The molecular formula is C13H25IN4O2. The lowest BCUT2D eigenvalue weighted by atomic mass is 10.1. The SMILES string of the molecule is CCOCCNC(=NC)NCc1cc(C(C)C)no1.I. The minimum Gasteiger partial charge on any atom is -0.380 e. The molecule has 0 atom stereocenters. The third-order valence-corrected chi connectivity index (χ3v) is 2.57. The number of aromatic nitrogens is 1. The van der Waals surface area contributed by atoms with Crippen LogP contribution in [0.2, 0.25) is 0 Å². The molecule has 116 valence electrons. The molecule has 2 N–H and O–H groups in total. The molecule has 0 bridgehead atoms. The van der Waals surface area contributed by atoms with E-state index in [0.717, 1.165) is 30.6 Å². The third kappa shape index (κ3) is 7.09. The van der Waals surface area contributed by atoms with E-state index in [4.69, 9.17) is 9.26 Å². The van der Waals surface area contributed by atoms with Crippen LogP contribution in [0, 0.1) is 0 Å². The maximum atomic E-state index is 5.25. The lowest BCUT2D eigenvalue weighted by molar-refractivity contribution is 0.152. The fourth-order valence-electron chi connectivity index (χ4n) is 1.46. The number of aliphatic imine (C=N–C) groups is 1. The summed E-state index contributed by atoms with van der Waals surface area (Å²) in [7, 11) is 1.73. The highest BCUT2D eigenvalue weighted by Crippen LogP contribution is 2.13. The number of rotatable bonds is 7. The van der Waals surface area contributed by atoms with Crippen LogP contribution in [-0.2, 0) is 11.3 Å². The normalized spacial score (nSPS) is 11.3. The van der Waals surface area contributed by atoms with E-state index in [1.165, 1.54) is 0 Å². The fourth-order valence-corrected chi connectivity index (χ4v) is 1.46. The summed E-state index contributed by atoms with van der Waals surface area (Å²) in [5.41, 5.74) is 0.969. The standard InChI is InChI=1S/C13H24N4O2.HI/c1-5-18-7-6-15-13(14-4)16-9-11-8-12(10(2)3)17-19-11;/h8,10H,5-7,9H2,1-4H3,(H2,14,15,16);1H. The quantitative estimate of drug-likeness (QED) is 0.320. The minimum atomic E-state index is 0.